The zero-order valence-corrected chi connectivity index (χ0v) is 42.3. The van der Waals surface area contributed by atoms with E-state index in [0.717, 1.165) is 11.3 Å². The lowest BCUT2D eigenvalue weighted by Gasteiger charge is -2.47. The number of Topliss-reactive ketones (excluding diaryl/α,β-unsaturated/α-hetero) is 4. The molecule has 4 rings (SSSR count). The summed E-state index contributed by atoms with van der Waals surface area (Å²) in [7, 11) is 2.92. The average molecular weight is 956 g/mol. The largest absolute Gasteiger partial charge is 0.460 e. The molecule has 1 aliphatic carbocycles. The Morgan fingerprint density at radius 1 is 0.912 bits per heavy atom. The van der Waals surface area contributed by atoms with Crippen molar-refractivity contribution in [2.24, 2.45) is 35.5 Å². The highest BCUT2D eigenvalue weighted by molar-refractivity contribution is 6.39. The summed E-state index contributed by atoms with van der Waals surface area (Å²) in [6.07, 6.45) is 11.7. The number of carbonyl (C=O) groups is 6. The lowest BCUT2D eigenvalue weighted by atomic mass is 9.78. The van der Waals surface area contributed by atoms with Crippen LogP contribution in [0.5, 0.6) is 0 Å². The van der Waals surface area contributed by atoms with Crippen LogP contribution in [0.1, 0.15) is 132 Å². The Morgan fingerprint density at radius 3 is 2.31 bits per heavy atom. The molecule has 2 bridgehead atoms. The number of hydrogen-bond donors (Lipinski definition) is 3. The van der Waals surface area contributed by atoms with Crippen molar-refractivity contribution in [2.75, 3.05) is 34.0 Å². The summed E-state index contributed by atoms with van der Waals surface area (Å²) in [5.74, 6) is -9.26. The summed E-state index contributed by atoms with van der Waals surface area (Å²) < 4.78 is 29.6. The first kappa shape index (κ1) is 56.9. The predicted octanol–water partition coefficient (Wildman–Crippen LogP) is 6.14. The molecule has 4 aliphatic rings. The minimum atomic E-state index is -2.53. The normalized spacial score (nSPS) is 39.2. The van der Waals surface area contributed by atoms with E-state index >= 15 is 0 Å². The second kappa shape index (κ2) is 26.0. The Morgan fingerprint density at radius 2 is 1.63 bits per heavy atom. The van der Waals surface area contributed by atoms with Gasteiger partial charge in [-0.15, -0.1) is 0 Å². The van der Waals surface area contributed by atoms with E-state index in [1.165, 1.54) is 13.2 Å². The summed E-state index contributed by atoms with van der Waals surface area (Å²) in [5, 5.41) is 32.6. The number of aliphatic hydroxyl groups is 3. The first-order valence-electron chi connectivity index (χ1n) is 24.8. The number of ketones is 4. The van der Waals surface area contributed by atoms with Gasteiger partial charge in [-0.25, -0.2) is 4.79 Å². The van der Waals surface area contributed by atoms with Gasteiger partial charge in [-0.2, -0.15) is 0 Å². The number of piperidine rings is 1. The van der Waals surface area contributed by atoms with Crippen LogP contribution in [0.2, 0.25) is 0 Å². The van der Waals surface area contributed by atoms with E-state index in [-0.39, 0.29) is 86.1 Å². The van der Waals surface area contributed by atoms with Crippen molar-refractivity contribution in [2.45, 2.75) is 180 Å². The molecule has 0 aromatic carbocycles. The highest BCUT2D eigenvalue weighted by Gasteiger charge is 2.56. The van der Waals surface area contributed by atoms with E-state index in [2.05, 4.69) is 0 Å². The van der Waals surface area contributed by atoms with Crippen LogP contribution >= 0.6 is 0 Å². The highest BCUT2D eigenvalue weighted by atomic mass is 16.6. The minimum absolute atomic E-state index is 0.0269. The second-order valence-electron chi connectivity index (χ2n) is 20.5. The van der Waals surface area contributed by atoms with Crippen LogP contribution in [0.15, 0.2) is 47.6 Å². The van der Waals surface area contributed by atoms with Gasteiger partial charge in [0, 0.05) is 51.4 Å². The minimum Gasteiger partial charge on any atom is -0.460 e. The van der Waals surface area contributed by atoms with Crippen LogP contribution in [0.25, 0.3) is 0 Å². The third kappa shape index (κ3) is 14.9. The number of fused-ring (bicyclic) bond motifs is 3. The molecule has 68 heavy (non-hydrogen) atoms. The monoisotopic (exact) mass is 956 g/mol. The summed E-state index contributed by atoms with van der Waals surface area (Å²) in [6.45, 7) is 14.0. The lowest BCUT2D eigenvalue weighted by molar-refractivity contribution is -0.294. The number of nitrogens with zero attached hydrogens (tertiary/aromatic N) is 1. The Kier molecular flexibility index (Phi) is 21.7. The molecule has 3 fully saturated rings. The van der Waals surface area contributed by atoms with E-state index in [0.29, 0.717) is 56.9 Å². The van der Waals surface area contributed by atoms with Gasteiger partial charge in [-0.05, 0) is 114 Å². The fourth-order valence-electron chi connectivity index (χ4n) is 10.4. The molecule has 1 saturated carbocycles. The Bertz CT molecular complexity index is 1890. The van der Waals surface area contributed by atoms with Gasteiger partial charge in [0.15, 0.2) is 17.7 Å². The summed E-state index contributed by atoms with van der Waals surface area (Å²) in [4.78, 5) is 85.8. The quantitative estimate of drug-likeness (QED) is 0.142. The Labute approximate surface area is 404 Å². The first-order chi connectivity index (χ1) is 32.1. The van der Waals surface area contributed by atoms with Gasteiger partial charge in [0.05, 0.1) is 37.1 Å². The van der Waals surface area contributed by atoms with E-state index in [1.807, 2.05) is 26.0 Å². The van der Waals surface area contributed by atoms with Crippen molar-refractivity contribution in [3.63, 3.8) is 0 Å². The summed E-state index contributed by atoms with van der Waals surface area (Å²) >= 11 is 0. The molecular weight excluding hydrogens is 875 g/mol. The molecular formula is C53H81NO14. The van der Waals surface area contributed by atoms with Gasteiger partial charge < -0.3 is 43.9 Å². The fraction of sp³-hybridized carbons (Fsp3) is 0.736. The number of ether oxygens (including phenoxy) is 5. The summed E-state index contributed by atoms with van der Waals surface area (Å²) in [5.41, 5.74) is -0.406. The third-order valence-electron chi connectivity index (χ3n) is 14.8. The number of carbonyl (C=O) groups excluding carboxylic acids is 6. The molecule has 1 amide bonds. The van der Waals surface area contributed by atoms with E-state index in [1.54, 1.807) is 66.9 Å². The maximum absolute atomic E-state index is 14.5. The number of aliphatic hydroxyl groups excluding tert-OH is 2. The number of rotatable bonds is 8. The molecule has 0 aromatic rings. The van der Waals surface area contributed by atoms with Crippen LogP contribution in [0.4, 0.5) is 0 Å². The molecule has 3 unspecified atom stereocenters. The van der Waals surface area contributed by atoms with Crippen molar-refractivity contribution < 1.29 is 67.8 Å². The molecule has 0 radical (unpaired) electrons. The van der Waals surface area contributed by atoms with Gasteiger partial charge in [-0.1, -0.05) is 71.1 Å². The van der Waals surface area contributed by atoms with Gasteiger partial charge >= 0.3 is 5.97 Å². The van der Waals surface area contributed by atoms with E-state index in [9.17, 15) is 44.1 Å². The maximum atomic E-state index is 14.5. The number of allylic oxidation sites excluding steroid dienone is 6. The number of methoxy groups -OCH3 is 2. The van der Waals surface area contributed by atoms with Crippen molar-refractivity contribution in [1.82, 2.24) is 4.90 Å². The van der Waals surface area contributed by atoms with Crippen LogP contribution in [0, 0.1) is 35.5 Å². The van der Waals surface area contributed by atoms with E-state index in [4.69, 9.17) is 23.7 Å². The van der Waals surface area contributed by atoms with Gasteiger partial charge in [0.2, 0.25) is 5.79 Å². The van der Waals surface area contributed by atoms with Crippen LogP contribution in [-0.4, -0.2) is 137 Å². The number of amides is 1. The zero-order valence-electron chi connectivity index (χ0n) is 42.3. The molecule has 3 N–H and O–H groups in total. The molecule has 382 valence electrons. The van der Waals surface area contributed by atoms with Gasteiger partial charge in [0.1, 0.15) is 17.9 Å². The number of hydrogen-bond acceptors (Lipinski definition) is 14. The molecule has 0 spiro atoms. The zero-order chi connectivity index (χ0) is 50.5. The van der Waals surface area contributed by atoms with Crippen molar-refractivity contribution in [3.8, 4) is 0 Å². The first-order valence-corrected chi connectivity index (χ1v) is 24.8. The van der Waals surface area contributed by atoms with Crippen molar-refractivity contribution in [1.29, 1.82) is 0 Å². The molecule has 3 aliphatic heterocycles. The highest BCUT2D eigenvalue weighted by Crippen LogP contribution is 2.42. The van der Waals surface area contributed by atoms with Gasteiger partial charge in [-0.3, -0.25) is 24.0 Å². The van der Waals surface area contributed by atoms with Crippen molar-refractivity contribution >= 4 is 35.0 Å². The summed E-state index contributed by atoms with van der Waals surface area (Å²) in [6, 6.07) is -1.18. The van der Waals surface area contributed by atoms with E-state index < -0.39 is 76.9 Å². The predicted molar refractivity (Wildman–Crippen MR) is 255 cm³/mol. The smallest absolute Gasteiger partial charge is 0.329 e. The number of esters is 1. The second-order valence-corrected chi connectivity index (χ2v) is 20.5. The van der Waals surface area contributed by atoms with Crippen molar-refractivity contribution in [3.05, 3.63) is 47.6 Å². The molecule has 14 atom stereocenters. The Balaban J connectivity index is 1.71. The SMILES string of the molecule is CO[C@@H]1C(=O)/C(C)=C/[C@@H](C)C(=O)CC([C@H](C)CC2CC[C@@H](OCCO)[C@H](OC)C2)OC(=O)[C@@H]2CCCCN2C(=O)C(=O)[C@]2(O)OC(C)(CC[C@H]2C)C[C@@H](O)/C(C)=C/C=C/C=C/[C@@H](C)C[C@@H](C)C1=O. The maximum Gasteiger partial charge on any atom is 0.329 e. The topological polar surface area (TPSA) is 212 Å². The fourth-order valence-corrected chi connectivity index (χ4v) is 10.4. The number of cyclic esters (lactones) is 1. The standard InChI is InChI=1S/C53H81NO14/c1-32-16-12-11-13-17-33(2)42(57)31-52(8)22-21-38(7)53(63,68-52)49(60)50(61)54-23-15-14-18-40(54)51(62)67-44(35(4)28-39-19-20-43(66-25-24-55)45(29-39)64-9)30-41(56)34(3)27-37(6)47(59)48(65-10)46(58)36(5)26-32/h11-13,16-17,27,32,34-36,38-40,42-45,48,55,57,63H,14-15,18-26,28-31H2,1-10H3/b13-11+,16-12+,33-17+,37-27+/t32-,34-,35-,36-,38-,39?,40+,42-,43-,44?,45-,48+,52?,53-/m1/s1. The molecule has 15 nitrogen and oxygen atoms in total. The van der Waals surface area contributed by atoms with Gasteiger partial charge in [0.25, 0.3) is 11.7 Å². The molecule has 2 saturated heterocycles. The Hall–Kier alpha value is -3.70. The lowest BCUT2D eigenvalue weighted by Crippen LogP contribution is -2.62. The molecule has 0 aromatic heterocycles. The molecule has 15 heteroatoms. The van der Waals surface area contributed by atoms with Crippen LogP contribution in [0.3, 0.4) is 0 Å². The third-order valence-corrected chi connectivity index (χ3v) is 14.8. The van der Waals surface area contributed by atoms with Crippen LogP contribution < -0.4 is 0 Å². The average Bonchev–Trinajstić information content (AvgIpc) is 3.30. The van der Waals surface area contributed by atoms with Crippen LogP contribution in [-0.2, 0) is 52.5 Å². The molecule has 3 heterocycles.